The summed E-state index contributed by atoms with van der Waals surface area (Å²) in [5.74, 6) is -2.91. The minimum Gasteiger partial charge on any atom is -0.478 e. The number of para-hydroxylation sites is 1. The van der Waals surface area contributed by atoms with Crippen LogP contribution in [0, 0.1) is 5.82 Å². The maximum atomic E-state index is 13.5. The molecule has 0 aromatic heterocycles. The standard InChI is InChI=1S/C15H15FO5/c1-10(15(19)20)5-2-3-8-13(18)21-14-11(9-17)6-4-7-12(14)16/h4,6-7,9H,1-3,5,8H2,(H,19,20). The molecule has 0 radical (unpaired) electrons. The van der Waals surface area contributed by atoms with E-state index in [1.807, 2.05) is 0 Å². The van der Waals surface area contributed by atoms with Gasteiger partial charge in [-0.1, -0.05) is 12.6 Å². The van der Waals surface area contributed by atoms with E-state index in [0.29, 0.717) is 19.1 Å². The van der Waals surface area contributed by atoms with Gasteiger partial charge in [0.25, 0.3) is 0 Å². The van der Waals surface area contributed by atoms with Crippen molar-refractivity contribution < 1.29 is 28.6 Å². The van der Waals surface area contributed by atoms with E-state index >= 15 is 0 Å². The van der Waals surface area contributed by atoms with E-state index in [-0.39, 0.29) is 29.7 Å². The summed E-state index contributed by atoms with van der Waals surface area (Å²) in [6, 6.07) is 3.77. The fraction of sp³-hybridized carbons (Fsp3) is 0.267. The molecule has 0 amide bonds. The van der Waals surface area contributed by atoms with Gasteiger partial charge in [-0.2, -0.15) is 0 Å². The Bertz CT molecular complexity index is 565. The predicted octanol–water partition coefficient (Wildman–Crippen LogP) is 2.74. The lowest BCUT2D eigenvalue weighted by Crippen LogP contribution is -2.10. The van der Waals surface area contributed by atoms with Crippen molar-refractivity contribution in [2.75, 3.05) is 0 Å². The van der Waals surface area contributed by atoms with Gasteiger partial charge in [0, 0.05) is 12.0 Å². The molecule has 21 heavy (non-hydrogen) atoms. The molecular formula is C15H15FO5. The van der Waals surface area contributed by atoms with Gasteiger partial charge in [-0.3, -0.25) is 9.59 Å². The van der Waals surface area contributed by atoms with Crippen molar-refractivity contribution in [3.8, 4) is 5.75 Å². The summed E-state index contributed by atoms with van der Waals surface area (Å²) in [7, 11) is 0. The average Bonchev–Trinajstić information content (AvgIpc) is 2.45. The van der Waals surface area contributed by atoms with Crippen LogP contribution in [0.3, 0.4) is 0 Å². The lowest BCUT2D eigenvalue weighted by molar-refractivity contribution is -0.134. The molecule has 0 unspecified atom stereocenters. The van der Waals surface area contributed by atoms with E-state index < -0.39 is 17.8 Å². The zero-order valence-corrected chi connectivity index (χ0v) is 11.3. The van der Waals surface area contributed by atoms with Gasteiger partial charge in [0.05, 0.1) is 5.56 Å². The van der Waals surface area contributed by atoms with Crippen molar-refractivity contribution in [3.63, 3.8) is 0 Å². The maximum absolute atomic E-state index is 13.5. The Morgan fingerprint density at radius 1 is 1.29 bits per heavy atom. The zero-order chi connectivity index (χ0) is 15.8. The zero-order valence-electron chi connectivity index (χ0n) is 11.3. The second kappa shape index (κ2) is 7.94. The van der Waals surface area contributed by atoms with Gasteiger partial charge in [-0.15, -0.1) is 0 Å². The van der Waals surface area contributed by atoms with E-state index in [2.05, 4.69) is 6.58 Å². The topological polar surface area (TPSA) is 80.7 Å². The van der Waals surface area contributed by atoms with Crippen LogP contribution in [0.5, 0.6) is 5.75 Å². The van der Waals surface area contributed by atoms with Crippen LogP contribution in [0.25, 0.3) is 0 Å². The summed E-state index contributed by atoms with van der Waals surface area (Å²) in [6.45, 7) is 3.37. The summed E-state index contributed by atoms with van der Waals surface area (Å²) in [5, 5.41) is 8.61. The van der Waals surface area contributed by atoms with Gasteiger partial charge in [-0.25, -0.2) is 9.18 Å². The first-order valence-corrected chi connectivity index (χ1v) is 6.31. The number of aldehydes is 1. The van der Waals surface area contributed by atoms with Crippen LogP contribution in [-0.4, -0.2) is 23.3 Å². The van der Waals surface area contributed by atoms with Crippen molar-refractivity contribution in [2.45, 2.75) is 25.7 Å². The van der Waals surface area contributed by atoms with E-state index in [4.69, 9.17) is 9.84 Å². The number of carboxylic acid groups (broad SMARTS) is 1. The number of unbranched alkanes of at least 4 members (excludes halogenated alkanes) is 1. The van der Waals surface area contributed by atoms with Crippen molar-refractivity contribution in [1.29, 1.82) is 0 Å². The van der Waals surface area contributed by atoms with E-state index in [1.165, 1.54) is 12.1 Å². The molecule has 0 atom stereocenters. The highest BCUT2D eigenvalue weighted by molar-refractivity contribution is 5.85. The van der Waals surface area contributed by atoms with Gasteiger partial charge in [-0.05, 0) is 31.4 Å². The van der Waals surface area contributed by atoms with E-state index in [1.54, 1.807) is 0 Å². The second-order valence-corrected chi connectivity index (χ2v) is 4.37. The van der Waals surface area contributed by atoms with E-state index in [9.17, 15) is 18.8 Å². The molecule has 112 valence electrons. The number of esters is 1. The number of aliphatic carboxylic acids is 1. The molecule has 0 aliphatic carbocycles. The van der Waals surface area contributed by atoms with Crippen LogP contribution < -0.4 is 4.74 Å². The molecule has 0 aliphatic rings. The highest BCUT2D eigenvalue weighted by Gasteiger charge is 2.14. The Morgan fingerprint density at radius 2 is 1.95 bits per heavy atom. The molecule has 0 saturated heterocycles. The van der Waals surface area contributed by atoms with Crippen LogP contribution in [0.4, 0.5) is 4.39 Å². The lowest BCUT2D eigenvalue weighted by Gasteiger charge is -2.07. The Hall–Kier alpha value is -2.50. The molecule has 0 spiro atoms. The summed E-state index contributed by atoms with van der Waals surface area (Å²) in [4.78, 5) is 32.8. The van der Waals surface area contributed by atoms with Crippen LogP contribution in [-0.2, 0) is 9.59 Å². The molecule has 1 aromatic carbocycles. The number of hydrogen-bond donors (Lipinski definition) is 1. The quantitative estimate of drug-likeness (QED) is 0.262. The normalized spacial score (nSPS) is 9.95. The molecule has 6 heteroatoms. The Morgan fingerprint density at radius 3 is 2.57 bits per heavy atom. The maximum Gasteiger partial charge on any atom is 0.330 e. The Balaban J connectivity index is 2.46. The van der Waals surface area contributed by atoms with Crippen molar-refractivity contribution >= 4 is 18.2 Å². The fourth-order valence-electron chi connectivity index (χ4n) is 1.61. The molecule has 1 N–H and O–H groups in total. The van der Waals surface area contributed by atoms with Crippen LogP contribution in [0.15, 0.2) is 30.4 Å². The first-order chi connectivity index (χ1) is 9.95. The van der Waals surface area contributed by atoms with Crippen LogP contribution >= 0.6 is 0 Å². The molecule has 1 aromatic rings. The monoisotopic (exact) mass is 294 g/mol. The molecule has 5 nitrogen and oxygen atoms in total. The highest BCUT2D eigenvalue weighted by Crippen LogP contribution is 2.22. The summed E-state index contributed by atoms with van der Waals surface area (Å²) in [6.07, 6.45) is 1.51. The second-order valence-electron chi connectivity index (χ2n) is 4.37. The van der Waals surface area contributed by atoms with E-state index in [0.717, 1.165) is 6.07 Å². The molecule has 1 rings (SSSR count). The number of carbonyl (C=O) groups excluding carboxylic acids is 2. The summed E-state index contributed by atoms with van der Waals surface area (Å²) in [5.41, 5.74) is 0.0308. The van der Waals surface area contributed by atoms with Gasteiger partial charge >= 0.3 is 11.9 Å². The molecule has 0 heterocycles. The Labute approximate surface area is 121 Å². The summed E-state index contributed by atoms with van der Waals surface area (Å²) < 4.78 is 18.3. The minimum atomic E-state index is -1.07. The molecule has 0 saturated carbocycles. The average molecular weight is 294 g/mol. The first-order valence-electron chi connectivity index (χ1n) is 6.31. The van der Waals surface area contributed by atoms with Crippen LogP contribution in [0.1, 0.15) is 36.0 Å². The number of ether oxygens (including phenoxy) is 1. The highest BCUT2D eigenvalue weighted by atomic mass is 19.1. The summed E-state index contributed by atoms with van der Waals surface area (Å²) >= 11 is 0. The third kappa shape index (κ3) is 5.18. The Kier molecular flexibility index (Phi) is 6.26. The number of rotatable bonds is 8. The number of benzene rings is 1. The SMILES string of the molecule is C=C(CCCCC(=O)Oc1c(F)cccc1C=O)C(=O)O. The molecular weight excluding hydrogens is 279 g/mol. The fourth-order valence-corrected chi connectivity index (χ4v) is 1.61. The smallest absolute Gasteiger partial charge is 0.330 e. The first kappa shape index (κ1) is 16.6. The van der Waals surface area contributed by atoms with Gasteiger partial charge in [0.2, 0.25) is 0 Å². The number of halogens is 1. The van der Waals surface area contributed by atoms with Crippen molar-refractivity contribution in [3.05, 3.63) is 41.7 Å². The molecule has 0 fully saturated rings. The third-order valence-electron chi connectivity index (χ3n) is 2.75. The number of hydrogen-bond acceptors (Lipinski definition) is 4. The third-order valence-corrected chi connectivity index (χ3v) is 2.75. The number of carboxylic acids is 1. The largest absolute Gasteiger partial charge is 0.478 e. The van der Waals surface area contributed by atoms with Gasteiger partial charge < -0.3 is 9.84 Å². The van der Waals surface area contributed by atoms with Gasteiger partial charge in [0.1, 0.15) is 0 Å². The van der Waals surface area contributed by atoms with Gasteiger partial charge in [0.15, 0.2) is 17.9 Å². The van der Waals surface area contributed by atoms with Crippen molar-refractivity contribution in [1.82, 2.24) is 0 Å². The minimum absolute atomic E-state index is 0.000466. The molecule has 0 aliphatic heterocycles. The predicted molar refractivity (Wildman–Crippen MR) is 72.7 cm³/mol. The molecule has 0 bridgehead atoms. The lowest BCUT2D eigenvalue weighted by atomic mass is 10.1. The van der Waals surface area contributed by atoms with Crippen molar-refractivity contribution in [2.24, 2.45) is 0 Å². The number of carbonyl (C=O) groups is 3. The van der Waals surface area contributed by atoms with Crippen LogP contribution in [0.2, 0.25) is 0 Å².